The average Bonchev–Trinajstić information content (AvgIpc) is 2.52. The summed E-state index contributed by atoms with van der Waals surface area (Å²) in [6.45, 7) is 2.76. The summed E-state index contributed by atoms with van der Waals surface area (Å²) in [6.07, 6.45) is 1.73. The number of aryl methyl sites for hydroxylation is 1. The molecule has 0 fully saturated rings. The quantitative estimate of drug-likeness (QED) is 0.770. The van der Waals surface area contributed by atoms with Crippen LogP contribution < -0.4 is 5.32 Å². The summed E-state index contributed by atoms with van der Waals surface area (Å²) in [5.74, 6) is 0.594. The predicted octanol–water partition coefficient (Wildman–Crippen LogP) is 4.03. The maximum absolute atomic E-state index is 11.3. The number of aromatic nitrogens is 1. The van der Waals surface area contributed by atoms with Gasteiger partial charge in [-0.2, -0.15) is 0 Å². The Balaban J connectivity index is 1.73. The topological polar surface area (TPSA) is 42.0 Å². The zero-order chi connectivity index (χ0) is 16.2. The van der Waals surface area contributed by atoms with E-state index in [1.165, 1.54) is 5.56 Å². The number of nitrogens with one attached hydrogen (secondary N) is 1. The molecule has 3 nitrogen and oxygen atoms in total. The molecule has 3 aromatic rings. The number of pyridine rings is 1. The van der Waals surface area contributed by atoms with E-state index in [4.69, 9.17) is 0 Å². The van der Waals surface area contributed by atoms with E-state index in [1.54, 1.807) is 6.26 Å². The first-order valence-corrected chi connectivity index (χ1v) is 9.32. The summed E-state index contributed by atoms with van der Waals surface area (Å²) in [5, 5.41) is 4.59. The van der Waals surface area contributed by atoms with E-state index >= 15 is 0 Å². The Hall–Kier alpha value is -2.20. The number of nitrogens with zero attached hydrogens (tertiary/aromatic N) is 1. The molecular formula is C19H20N2OS. The molecule has 0 saturated heterocycles. The van der Waals surface area contributed by atoms with Gasteiger partial charge in [-0.3, -0.25) is 9.19 Å². The minimum Gasteiger partial charge on any atom is -0.381 e. The van der Waals surface area contributed by atoms with Crippen LogP contribution in [-0.2, 0) is 23.1 Å². The molecule has 0 radical (unpaired) electrons. The normalized spacial score (nSPS) is 12.3. The number of anilines is 1. The van der Waals surface area contributed by atoms with Crippen LogP contribution in [0.4, 0.5) is 5.69 Å². The van der Waals surface area contributed by atoms with Crippen molar-refractivity contribution in [2.24, 2.45) is 0 Å². The minimum absolute atomic E-state index is 0.594. The van der Waals surface area contributed by atoms with Crippen LogP contribution >= 0.6 is 0 Å². The van der Waals surface area contributed by atoms with Gasteiger partial charge in [0.2, 0.25) is 0 Å². The fourth-order valence-electron chi connectivity index (χ4n) is 2.60. The first-order valence-electron chi connectivity index (χ1n) is 7.59. The minimum atomic E-state index is -0.817. The van der Waals surface area contributed by atoms with Crippen molar-refractivity contribution in [3.8, 4) is 0 Å². The van der Waals surface area contributed by atoms with Gasteiger partial charge in [-0.1, -0.05) is 24.3 Å². The zero-order valence-electron chi connectivity index (χ0n) is 13.4. The Kier molecular flexibility index (Phi) is 4.72. The van der Waals surface area contributed by atoms with Crippen LogP contribution in [0, 0.1) is 6.92 Å². The number of benzene rings is 2. The molecule has 118 valence electrons. The molecule has 0 amide bonds. The van der Waals surface area contributed by atoms with Gasteiger partial charge in [0.25, 0.3) is 0 Å². The molecule has 23 heavy (non-hydrogen) atoms. The Morgan fingerprint density at radius 3 is 2.74 bits per heavy atom. The van der Waals surface area contributed by atoms with Gasteiger partial charge in [0.15, 0.2) is 0 Å². The molecule has 0 aliphatic heterocycles. The summed E-state index contributed by atoms with van der Waals surface area (Å²) in [4.78, 5) is 4.52. The Labute approximate surface area is 139 Å². The van der Waals surface area contributed by atoms with Crippen molar-refractivity contribution in [2.45, 2.75) is 19.2 Å². The lowest BCUT2D eigenvalue weighted by Crippen LogP contribution is -2.00. The third-order valence-electron chi connectivity index (χ3n) is 3.69. The Bertz CT molecular complexity index is 861. The van der Waals surface area contributed by atoms with Gasteiger partial charge in [-0.25, -0.2) is 0 Å². The molecule has 1 atom stereocenters. The molecule has 1 heterocycles. The first kappa shape index (κ1) is 15.7. The lowest BCUT2D eigenvalue weighted by Gasteiger charge is -2.09. The van der Waals surface area contributed by atoms with Crippen molar-refractivity contribution in [1.29, 1.82) is 0 Å². The molecule has 3 rings (SSSR count). The fraction of sp³-hybridized carbons (Fsp3) is 0.211. The smallest absolute Gasteiger partial charge is 0.0705 e. The van der Waals surface area contributed by atoms with Crippen LogP contribution in [0.2, 0.25) is 0 Å². The molecule has 1 unspecified atom stereocenters. The van der Waals surface area contributed by atoms with Crippen molar-refractivity contribution in [3.63, 3.8) is 0 Å². The van der Waals surface area contributed by atoms with E-state index in [0.29, 0.717) is 5.75 Å². The summed E-state index contributed by atoms with van der Waals surface area (Å²) >= 11 is 0. The van der Waals surface area contributed by atoms with E-state index in [-0.39, 0.29) is 0 Å². The van der Waals surface area contributed by atoms with Crippen LogP contribution in [0.1, 0.15) is 16.8 Å². The number of hydrogen-bond acceptors (Lipinski definition) is 3. The fourth-order valence-corrected chi connectivity index (χ4v) is 3.25. The third-order valence-corrected chi connectivity index (χ3v) is 4.43. The number of hydrogen-bond donors (Lipinski definition) is 1. The highest BCUT2D eigenvalue weighted by Crippen LogP contribution is 2.17. The molecule has 0 aliphatic carbocycles. The molecule has 2 aromatic carbocycles. The molecule has 0 bridgehead atoms. The van der Waals surface area contributed by atoms with Gasteiger partial charge in [0, 0.05) is 46.1 Å². The van der Waals surface area contributed by atoms with Crippen LogP contribution in [0.3, 0.4) is 0 Å². The van der Waals surface area contributed by atoms with Crippen molar-refractivity contribution in [1.82, 2.24) is 4.98 Å². The van der Waals surface area contributed by atoms with E-state index in [2.05, 4.69) is 40.6 Å². The van der Waals surface area contributed by atoms with E-state index in [9.17, 15) is 4.21 Å². The largest absolute Gasteiger partial charge is 0.381 e. The molecule has 0 saturated carbocycles. The van der Waals surface area contributed by atoms with Gasteiger partial charge in [0.05, 0.1) is 5.52 Å². The highest BCUT2D eigenvalue weighted by Gasteiger charge is 2.01. The second kappa shape index (κ2) is 6.92. The second-order valence-electron chi connectivity index (χ2n) is 5.75. The van der Waals surface area contributed by atoms with Gasteiger partial charge >= 0.3 is 0 Å². The van der Waals surface area contributed by atoms with Crippen LogP contribution in [0.15, 0.2) is 54.6 Å². The van der Waals surface area contributed by atoms with Gasteiger partial charge in [-0.15, -0.1) is 0 Å². The lowest BCUT2D eigenvalue weighted by molar-refractivity contribution is 0.686. The van der Waals surface area contributed by atoms with Crippen molar-refractivity contribution < 1.29 is 4.21 Å². The zero-order valence-corrected chi connectivity index (χ0v) is 14.2. The van der Waals surface area contributed by atoms with Crippen LogP contribution in [0.25, 0.3) is 10.9 Å². The summed E-state index contributed by atoms with van der Waals surface area (Å²) in [5.41, 5.74) is 5.42. The third kappa shape index (κ3) is 4.17. The van der Waals surface area contributed by atoms with E-state index in [0.717, 1.165) is 34.4 Å². The van der Waals surface area contributed by atoms with Gasteiger partial charge < -0.3 is 5.32 Å². The summed E-state index contributed by atoms with van der Waals surface area (Å²) in [6, 6.07) is 18.6. The first-order chi connectivity index (χ1) is 11.1. The Morgan fingerprint density at radius 1 is 1.04 bits per heavy atom. The standard InChI is InChI=1S/C19H20N2OS/c1-14-6-8-17-10-15(7-9-19(17)21-14)12-20-18-5-3-4-16(11-18)13-23(2)22/h3-11,20H,12-13H2,1-2H3. The van der Waals surface area contributed by atoms with Crippen molar-refractivity contribution >= 4 is 27.4 Å². The average molecular weight is 324 g/mol. The number of rotatable bonds is 5. The number of fused-ring (bicyclic) bond motifs is 1. The van der Waals surface area contributed by atoms with Crippen molar-refractivity contribution in [2.75, 3.05) is 11.6 Å². The maximum Gasteiger partial charge on any atom is 0.0705 e. The molecule has 4 heteroatoms. The maximum atomic E-state index is 11.3. The monoisotopic (exact) mass is 324 g/mol. The molecule has 1 aromatic heterocycles. The summed E-state index contributed by atoms with van der Waals surface area (Å²) < 4.78 is 11.3. The molecular weight excluding hydrogens is 304 g/mol. The van der Waals surface area contributed by atoms with Crippen LogP contribution in [-0.4, -0.2) is 15.4 Å². The second-order valence-corrected chi connectivity index (χ2v) is 7.19. The predicted molar refractivity (Wildman–Crippen MR) is 98.0 cm³/mol. The van der Waals surface area contributed by atoms with Crippen molar-refractivity contribution in [3.05, 3.63) is 71.4 Å². The molecule has 0 spiro atoms. The SMILES string of the molecule is Cc1ccc2cc(CNc3cccc(CS(C)=O)c3)ccc2n1. The highest BCUT2D eigenvalue weighted by atomic mass is 32.2. The van der Waals surface area contributed by atoms with E-state index in [1.807, 2.05) is 31.2 Å². The van der Waals surface area contributed by atoms with Crippen LogP contribution in [0.5, 0.6) is 0 Å². The molecule has 1 N–H and O–H groups in total. The summed E-state index contributed by atoms with van der Waals surface area (Å²) in [7, 11) is -0.817. The van der Waals surface area contributed by atoms with Gasteiger partial charge in [0.1, 0.15) is 0 Å². The highest BCUT2D eigenvalue weighted by molar-refractivity contribution is 7.83. The van der Waals surface area contributed by atoms with E-state index < -0.39 is 10.8 Å². The molecule has 0 aliphatic rings. The Morgan fingerprint density at radius 2 is 1.91 bits per heavy atom. The lowest BCUT2D eigenvalue weighted by atomic mass is 10.1. The van der Waals surface area contributed by atoms with Gasteiger partial charge in [-0.05, 0) is 48.4 Å².